The number of hydrogen-bond donors (Lipinski definition) is 1. The number of hydrogen-bond acceptors (Lipinski definition) is 5. The average Bonchev–Trinajstić information content (AvgIpc) is 2.74. The Labute approximate surface area is 189 Å². The van der Waals surface area contributed by atoms with Crippen molar-refractivity contribution in [3.05, 3.63) is 62.9 Å². The van der Waals surface area contributed by atoms with Crippen molar-refractivity contribution in [1.82, 2.24) is 9.97 Å². The Kier molecular flexibility index (Phi) is 6.12. The van der Waals surface area contributed by atoms with Gasteiger partial charge in [-0.25, -0.2) is 9.78 Å². The van der Waals surface area contributed by atoms with Gasteiger partial charge in [0.2, 0.25) is 0 Å². The summed E-state index contributed by atoms with van der Waals surface area (Å²) in [5.41, 5.74) is 3.63. The van der Waals surface area contributed by atoms with Gasteiger partial charge in [0.25, 0.3) is 5.91 Å². The number of halogens is 2. The average molecular weight is 458 g/mol. The summed E-state index contributed by atoms with van der Waals surface area (Å²) in [6.07, 6.45) is 2.61. The highest BCUT2D eigenvalue weighted by Crippen LogP contribution is 2.32. The molecule has 0 aliphatic heterocycles. The summed E-state index contributed by atoms with van der Waals surface area (Å²) in [6, 6.07) is 9.00. The number of pyridine rings is 2. The Morgan fingerprint density at radius 2 is 1.97 bits per heavy atom. The number of amides is 1. The largest absolute Gasteiger partial charge is 0.452 e. The van der Waals surface area contributed by atoms with Crippen LogP contribution in [0.3, 0.4) is 0 Å². The number of nitrogens with zero attached hydrogens (tertiary/aromatic N) is 2. The van der Waals surface area contributed by atoms with E-state index in [4.69, 9.17) is 32.9 Å². The molecule has 0 radical (unpaired) electrons. The van der Waals surface area contributed by atoms with Gasteiger partial charge in [0.05, 0.1) is 26.8 Å². The fourth-order valence-electron chi connectivity index (χ4n) is 3.81. The summed E-state index contributed by atoms with van der Waals surface area (Å²) in [5.74, 6) is -0.452. The maximum Gasteiger partial charge on any atom is 0.339 e. The monoisotopic (exact) mass is 457 g/mol. The van der Waals surface area contributed by atoms with Gasteiger partial charge in [0, 0.05) is 11.1 Å². The fourth-order valence-corrected chi connectivity index (χ4v) is 4.22. The molecule has 2 heterocycles. The summed E-state index contributed by atoms with van der Waals surface area (Å²) in [5, 5.41) is 3.90. The number of benzene rings is 1. The van der Waals surface area contributed by atoms with E-state index in [0.29, 0.717) is 22.2 Å². The van der Waals surface area contributed by atoms with Gasteiger partial charge in [-0.05, 0) is 49.8 Å². The topological polar surface area (TPSA) is 81.2 Å². The van der Waals surface area contributed by atoms with Crippen LogP contribution in [-0.4, -0.2) is 28.5 Å². The zero-order valence-electron chi connectivity index (χ0n) is 17.2. The molecule has 1 atom stereocenters. The molecule has 0 bridgehead atoms. The minimum absolute atomic E-state index is 0.171. The third-order valence-corrected chi connectivity index (χ3v) is 6.08. The normalized spacial score (nSPS) is 15.4. The van der Waals surface area contributed by atoms with Gasteiger partial charge in [0.1, 0.15) is 0 Å². The van der Waals surface area contributed by atoms with Crippen LogP contribution in [0.1, 0.15) is 40.7 Å². The van der Waals surface area contributed by atoms with Crippen LogP contribution < -0.4 is 5.32 Å². The molecule has 0 saturated heterocycles. The van der Waals surface area contributed by atoms with Crippen molar-refractivity contribution in [3.8, 4) is 0 Å². The summed E-state index contributed by atoms with van der Waals surface area (Å²) >= 11 is 12.1. The van der Waals surface area contributed by atoms with E-state index in [2.05, 4.69) is 17.2 Å². The van der Waals surface area contributed by atoms with Crippen LogP contribution in [-0.2, 0) is 22.4 Å². The Hall–Kier alpha value is -2.70. The van der Waals surface area contributed by atoms with Crippen LogP contribution in [0.5, 0.6) is 0 Å². The second-order valence-electron chi connectivity index (χ2n) is 7.79. The molecule has 1 aliphatic carbocycles. The number of para-hydroxylation sites is 1. The molecule has 6 nitrogen and oxygen atoms in total. The van der Waals surface area contributed by atoms with Crippen LogP contribution in [0.2, 0.25) is 10.0 Å². The highest BCUT2D eigenvalue weighted by Gasteiger charge is 2.26. The number of carbonyl (C=O) groups is 2. The molecule has 1 amide bonds. The summed E-state index contributed by atoms with van der Waals surface area (Å²) in [7, 11) is 0. The quantitative estimate of drug-likeness (QED) is 0.546. The minimum Gasteiger partial charge on any atom is -0.452 e. The van der Waals surface area contributed by atoms with Crippen molar-refractivity contribution < 1.29 is 14.3 Å². The van der Waals surface area contributed by atoms with E-state index < -0.39 is 18.5 Å². The third kappa shape index (κ3) is 4.50. The first-order chi connectivity index (χ1) is 14.8. The second-order valence-corrected chi connectivity index (χ2v) is 8.60. The molecule has 3 aromatic rings. The van der Waals surface area contributed by atoms with Crippen LogP contribution in [0.4, 0.5) is 5.82 Å². The van der Waals surface area contributed by atoms with E-state index in [-0.39, 0.29) is 10.8 Å². The van der Waals surface area contributed by atoms with Crippen LogP contribution in [0.15, 0.2) is 30.3 Å². The number of esters is 1. The summed E-state index contributed by atoms with van der Waals surface area (Å²) < 4.78 is 5.39. The third-order valence-electron chi connectivity index (χ3n) is 5.41. The van der Waals surface area contributed by atoms with E-state index in [1.807, 2.05) is 24.3 Å². The maximum atomic E-state index is 13.1. The van der Waals surface area contributed by atoms with Crippen molar-refractivity contribution in [3.63, 3.8) is 0 Å². The van der Waals surface area contributed by atoms with Crippen molar-refractivity contribution >= 4 is 51.8 Å². The Balaban J connectivity index is 1.56. The van der Waals surface area contributed by atoms with Crippen molar-refractivity contribution in [2.24, 2.45) is 5.92 Å². The van der Waals surface area contributed by atoms with Gasteiger partial charge >= 0.3 is 5.97 Å². The van der Waals surface area contributed by atoms with Crippen molar-refractivity contribution in [1.29, 1.82) is 0 Å². The zero-order valence-corrected chi connectivity index (χ0v) is 18.7. The number of rotatable bonds is 4. The smallest absolute Gasteiger partial charge is 0.339 e. The number of fused-ring (bicyclic) bond motifs is 2. The highest BCUT2D eigenvalue weighted by molar-refractivity contribution is 6.36. The Morgan fingerprint density at radius 1 is 1.19 bits per heavy atom. The Bertz CT molecular complexity index is 1200. The minimum atomic E-state index is -0.537. The lowest BCUT2D eigenvalue weighted by Crippen LogP contribution is -2.24. The summed E-state index contributed by atoms with van der Waals surface area (Å²) in [4.78, 5) is 34.3. The standard InChI is InChI=1S/C23H21Cl2N3O3/c1-12-7-8-19-15(9-12)21(14-5-3-4-6-18(14)27-19)23(30)31-11-20(29)28-22-17(25)10-16(24)13(2)26-22/h3-6,10,12H,7-9,11H2,1-2H3,(H,26,28,29). The second kappa shape index (κ2) is 8.81. The molecular weight excluding hydrogens is 437 g/mol. The van der Waals surface area contributed by atoms with Gasteiger partial charge in [-0.1, -0.05) is 48.3 Å². The molecule has 4 rings (SSSR count). The number of aromatic nitrogens is 2. The Morgan fingerprint density at radius 3 is 2.77 bits per heavy atom. The van der Waals surface area contributed by atoms with Crippen molar-refractivity contribution in [2.75, 3.05) is 11.9 Å². The first kappa shape index (κ1) is 21.5. The van der Waals surface area contributed by atoms with Crippen LogP contribution >= 0.6 is 23.2 Å². The molecule has 31 heavy (non-hydrogen) atoms. The summed E-state index contributed by atoms with van der Waals surface area (Å²) in [6.45, 7) is 3.40. The number of carbonyl (C=O) groups excluding carboxylic acids is 2. The van der Waals surface area contributed by atoms with Crippen LogP contribution in [0, 0.1) is 12.8 Å². The first-order valence-corrected chi connectivity index (χ1v) is 10.8. The van der Waals surface area contributed by atoms with Gasteiger partial charge in [-0.3, -0.25) is 9.78 Å². The fraction of sp³-hybridized carbons (Fsp3) is 0.304. The molecule has 2 aromatic heterocycles. The van der Waals surface area contributed by atoms with Crippen LogP contribution in [0.25, 0.3) is 10.9 Å². The van der Waals surface area contributed by atoms with E-state index in [0.717, 1.165) is 41.4 Å². The van der Waals surface area contributed by atoms with E-state index >= 15 is 0 Å². The van der Waals surface area contributed by atoms with Gasteiger partial charge in [0.15, 0.2) is 12.4 Å². The van der Waals surface area contributed by atoms with E-state index in [1.54, 1.807) is 6.92 Å². The molecule has 160 valence electrons. The highest BCUT2D eigenvalue weighted by atomic mass is 35.5. The number of ether oxygens (including phenoxy) is 1. The van der Waals surface area contributed by atoms with Gasteiger partial charge in [-0.2, -0.15) is 0 Å². The molecule has 0 spiro atoms. The molecule has 0 saturated carbocycles. The molecule has 1 N–H and O–H groups in total. The lowest BCUT2D eigenvalue weighted by atomic mass is 9.84. The van der Waals surface area contributed by atoms with Gasteiger partial charge in [-0.15, -0.1) is 0 Å². The molecular formula is C23H21Cl2N3O3. The SMILES string of the molecule is Cc1nc(NC(=O)COC(=O)c2c3c(nc4ccccc24)CCC(C)C3)c(Cl)cc1Cl. The molecule has 1 aromatic carbocycles. The van der Waals surface area contributed by atoms with E-state index in [1.165, 1.54) is 6.07 Å². The number of aryl methyl sites for hydroxylation is 2. The maximum absolute atomic E-state index is 13.1. The first-order valence-electron chi connectivity index (χ1n) is 10.0. The molecule has 1 unspecified atom stereocenters. The number of nitrogens with one attached hydrogen (secondary N) is 1. The van der Waals surface area contributed by atoms with E-state index in [9.17, 15) is 9.59 Å². The predicted molar refractivity (Wildman–Crippen MR) is 121 cm³/mol. The van der Waals surface area contributed by atoms with Crippen molar-refractivity contribution in [2.45, 2.75) is 33.1 Å². The lowest BCUT2D eigenvalue weighted by molar-refractivity contribution is -0.119. The molecule has 8 heteroatoms. The molecule has 0 fully saturated rings. The zero-order chi connectivity index (χ0) is 22.1. The predicted octanol–water partition coefficient (Wildman–Crippen LogP) is 5.17. The van der Waals surface area contributed by atoms with Gasteiger partial charge < -0.3 is 10.1 Å². The lowest BCUT2D eigenvalue weighted by Gasteiger charge is -2.24. The molecule has 1 aliphatic rings. The number of anilines is 1.